The summed E-state index contributed by atoms with van der Waals surface area (Å²) < 4.78 is 74.6. The number of aromatic nitrogens is 1. The first-order valence-electron chi connectivity index (χ1n) is 16.8. The summed E-state index contributed by atoms with van der Waals surface area (Å²) in [5.74, 6) is -5.37. The van der Waals surface area contributed by atoms with Gasteiger partial charge in [-0.2, -0.15) is 4.31 Å². The molecule has 2 fully saturated rings. The van der Waals surface area contributed by atoms with Gasteiger partial charge >= 0.3 is 0 Å². The number of pyridine rings is 1. The van der Waals surface area contributed by atoms with Gasteiger partial charge in [0.15, 0.2) is 0 Å². The molecule has 2 saturated heterocycles. The van der Waals surface area contributed by atoms with Gasteiger partial charge in [-0.15, -0.1) is 0 Å². The molecule has 6 rings (SSSR count). The predicted molar refractivity (Wildman–Crippen MR) is 179 cm³/mol. The number of rotatable bonds is 2. The van der Waals surface area contributed by atoms with Gasteiger partial charge in [-0.3, -0.25) is 14.8 Å². The highest BCUT2D eigenvalue weighted by molar-refractivity contribution is 7.88. The smallest absolute Gasteiger partial charge is 0.278 e. The fourth-order valence-corrected chi connectivity index (χ4v) is 7.97. The number of fused-ring (bicyclic) bond motifs is 11. The number of alkyl halides is 2. The third-order valence-corrected chi connectivity index (χ3v) is 11.4. The van der Waals surface area contributed by atoms with Crippen molar-refractivity contribution in [3.05, 3.63) is 57.1 Å². The van der Waals surface area contributed by atoms with Crippen molar-refractivity contribution >= 4 is 27.4 Å². The van der Waals surface area contributed by atoms with Gasteiger partial charge < -0.3 is 20.9 Å². The summed E-state index contributed by atoms with van der Waals surface area (Å²) in [6.07, 6.45) is 7.38. The number of hydrogen-bond acceptors (Lipinski definition) is 7. The average molecular weight is 680 g/mol. The van der Waals surface area contributed by atoms with Crippen LogP contribution >= 0.6 is 0 Å². The summed E-state index contributed by atoms with van der Waals surface area (Å²) >= 11 is 0. The number of nitrogens with two attached hydrogens (primary N) is 1. The molecule has 0 saturated carbocycles. The van der Waals surface area contributed by atoms with E-state index in [0.29, 0.717) is 44.6 Å². The minimum Gasteiger partial charge on any atom is -0.384 e. The van der Waals surface area contributed by atoms with Crippen LogP contribution in [0.5, 0.6) is 0 Å². The van der Waals surface area contributed by atoms with Crippen LogP contribution in [0.4, 0.5) is 24.7 Å². The lowest BCUT2D eigenvalue weighted by Gasteiger charge is -2.36. The Labute approximate surface area is 275 Å². The molecule has 14 heteroatoms. The van der Waals surface area contributed by atoms with Crippen LogP contribution in [0.25, 0.3) is 0 Å². The summed E-state index contributed by atoms with van der Waals surface area (Å²) in [5, 5.41) is 11.9. The first-order chi connectivity index (χ1) is 22.3. The number of nitrogen functional groups attached to an aromatic ring is 1. The summed E-state index contributed by atoms with van der Waals surface area (Å²) in [6.45, 7) is 4.94. The lowest BCUT2D eigenvalue weighted by Crippen LogP contribution is -2.50. The van der Waals surface area contributed by atoms with Crippen LogP contribution in [0.3, 0.4) is 0 Å². The molecule has 0 amide bonds. The van der Waals surface area contributed by atoms with Crippen LogP contribution < -0.4 is 21.5 Å². The topological polar surface area (TPSA) is 128 Å². The third kappa shape index (κ3) is 7.80. The fraction of sp³-hybridized carbons (Fsp3) is 0.636. The lowest BCUT2D eigenvalue weighted by molar-refractivity contribution is -0.0880. The van der Waals surface area contributed by atoms with E-state index in [0.717, 1.165) is 51.0 Å². The molecular weight excluding hydrogens is 631 g/mol. The Balaban J connectivity index is 1.48. The summed E-state index contributed by atoms with van der Waals surface area (Å²) in [6, 6.07) is 4.70. The van der Waals surface area contributed by atoms with E-state index in [-0.39, 0.29) is 54.5 Å². The minimum absolute atomic E-state index is 0.00974. The minimum atomic E-state index is -3.38. The first kappa shape index (κ1) is 35.2. The number of nitrogens with zero attached hydrogens (tertiary/aromatic N) is 4. The Hall–Kier alpha value is -3.10. The molecule has 4 aliphatic heterocycles. The molecule has 4 aliphatic rings. The van der Waals surface area contributed by atoms with Crippen molar-refractivity contribution in [3.8, 4) is 0 Å². The van der Waals surface area contributed by atoms with E-state index < -0.39 is 39.3 Å². The van der Waals surface area contributed by atoms with Gasteiger partial charge in [0.25, 0.3) is 11.5 Å². The van der Waals surface area contributed by atoms with Crippen LogP contribution in [0.2, 0.25) is 0 Å². The number of piperidine rings is 1. The summed E-state index contributed by atoms with van der Waals surface area (Å²) in [4.78, 5) is 17.8. The van der Waals surface area contributed by atoms with E-state index in [1.54, 1.807) is 11.8 Å². The average Bonchev–Trinajstić information content (AvgIpc) is 3.03. The molecule has 1 atom stereocenters. The normalized spacial score (nSPS) is 25.4. The van der Waals surface area contributed by atoms with Gasteiger partial charge in [0, 0.05) is 44.2 Å². The van der Waals surface area contributed by atoms with Crippen molar-refractivity contribution in [2.24, 2.45) is 5.92 Å². The highest BCUT2D eigenvalue weighted by Gasteiger charge is 2.45. The van der Waals surface area contributed by atoms with Crippen LogP contribution in [0.15, 0.2) is 29.1 Å². The molecule has 260 valence electrons. The fourth-order valence-electron chi connectivity index (χ4n) is 7.14. The number of piperazine rings is 1. The molecule has 6 bridgehead atoms. The van der Waals surface area contributed by atoms with Crippen LogP contribution in [-0.2, 0) is 22.5 Å². The van der Waals surface area contributed by atoms with Crippen molar-refractivity contribution < 1.29 is 21.6 Å². The second-order valence-corrected chi connectivity index (χ2v) is 15.2. The van der Waals surface area contributed by atoms with Crippen LogP contribution in [0, 0.1) is 17.1 Å². The Kier molecular flexibility index (Phi) is 10.9. The van der Waals surface area contributed by atoms with Gasteiger partial charge in [-0.1, -0.05) is 43.9 Å². The highest BCUT2D eigenvalue weighted by atomic mass is 32.2. The third-order valence-electron chi connectivity index (χ3n) is 10.1. The SMILES string of the molecule is C[C@H]1NC(=N)c2cc(N3CCN(S(C)(=O)=O)CC3)c(=O)n(c2N)CCCCCCCCN2CCC(CC2)C(F)(F)c2cccc1c2F. The number of nitrogens with one attached hydrogen (secondary N) is 2. The van der Waals surface area contributed by atoms with Crippen molar-refractivity contribution in [2.75, 3.05) is 62.7 Å². The van der Waals surface area contributed by atoms with Crippen LogP contribution in [0.1, 0.15) is 81.0 Å². The van der Waals surface area contributed by atoms with E-state index >= 15 is 13.2 Å². The molecule has 0 radical (unpaired) electrons. The maximum absolute atomic E-state index is 15.9. The molecule has 0 unspecified atom stereocenters. The Morgan fingerprint density at radius 1 is 0.936 bits per heavy atom. The molecule has 1 aromatic heterocycles. The van der Waals surface area contributed by atoms with E-state index in [9.17, 15) is 13.2 Å². The zero-order valence-corrected chi connectivity index (χ0v) is 28.2. The quantitative estimate of drug-likeness (QED) is 0.427. The largest absolute Gasteiger partial charge is 0.384 e. The second-order valence-electron chi connectivity index (χ2n) is 13.2. The van der Waals surface area contributed by atoms with Crippen molar-refractivity contribution in [1.82, 2.24) is 19.1 Å². The molecule has 4 N–H and O–H groups in total. The number of halogens is 3. The molecular formula is C33H48F3N7O3S. The van der Waals surface area contributed by atoms with E-state index in [1.165, 1.54) is 27.1 Å². The summed E-state index contributed by atoms with van der Waals surface area (Å²) in [5.41, 5.74) is 6.13. The molecule has 5 heterocycles. The monoisotopic (exact) mass is 679 g/mol. The standard InChI is InChI=1S/C33H48F3N7O3S/c1-23-25-10-9-11-27(29(25)34)33(35,36)24-12-16-40(17-13-24)14-7-5-3-4-6-8-15-43-31(38)26(30(37)39-23)22-28(32(43)44)41-18-20-42(21-19-41)47(2,45)46/h9-11,22-24H,3-8,12-21,38H2,1-2H3,(H2,37,39)/t23-/m1/s1. The highest BCUT2D eigenvalue weighted by Crippen LogP contribution is 2.43. The maximum Gasteiger partial charge on any atom is 0.278 e. The van der Waals surface area contributed by atoms with E-state index in [4.69, 9.17) is 11.1 Å². The maximum atomic E-state index is 15.9. The number of hydrogen-bond donors (Lipinski definition) is 3. The molecule has 2 aromatic rings. The Morgan fingerprint density at radius 2 is 1.55 bits per heavy atom. The predicted octanol–water partition coefficient (Wildman–Crippen LogP) is 4.49. The number of anilines is 2. The van der Waals surface area contributed by atoms with Crippen LogP contribution in [-0.4, -0.2) is 80.1 Å². The molecule has 47 heavy (non-hydrogen) atoms. The molecule has 0 spiro atoms. The Bertz CT molecular complexity index is 1600. The van der Waals surface area contributed by atoms with Gasteiger partial charge in [0.2, 0.25) is 10.0 Å². The van der Waals surface area contributed by atoms with Gasteiger partial charge in [0.1, 0.15) is 23.2 Å². The number of amidine groups is 1. The van der Waals surface area contributed by atoms with E-state index in [2.05, 4.69) is 10.2 Å². The molecule has 10 nitrogen and oxygen atoms in total. The zero-order valence-electron chi connectivity index (χ0n) is 27.4. The van der Waals surface area contributed by atoms with Crippen molar-refractivity contribution in [1.29, 1.82) is 5.41 Å². The van der Waals surface area contributed by atoms with E-state index in [1.807, 2.05) is 0 Å². The van der Waals surface area contributed by atoms with Crippen molar-refractivity contribution in [3.63, 3.8) is 0 Å². The number of sulfonamides is 1. The van der Waals surface area contributed by atoms with Gasteiger partial charge in [-0.25, -0.2) is 21.6 Å². The second kappa shape index (κ2) is 14.6. The van der Waals surface area contributed by atoms with Gasteiger partial charge in [-0.05, 0) is 58.3 Å². The zero-order chi connectivity index (χ0) is 33.9. The first-order valence-corrected chi connectivity index (χ1v) is 18.6. The lowest BCUT2D eigenvalue weighted by atomic mass is 9.85. The summed E-state index contributed by atoms with van der Waals surface area (Å²) in [7, 11) is -3.38. The Morgan fingerprint density at radius 3 is 2.19 bits per heavy atom. The number of benzene rings is 1. The molecule has 1 aromatic carbocycles. The van der Waals surface area contributed by atoms with Crippen molar-refractivity contribution in [2.45, 2.75) is 76.8 Å². The molecule has 0 aliphatic carbocycles. The van der Waals surface area contributed by atoms with Gasteiger partial charge in [0.05, 0.1) is 23.4 Å².